The Morgan fingerprint density at radius 1 is 1.30 bits per heavy atom. The smallest absolute Gasteiger partial charge is 0.433 e. The Balaban J connectivity index is 1.45. The van der Waals surface area contributed by atoms with Gasteiger partial charge in [-0.05, 0) is 62.1 Å². The maximum atomic E-state index is 13.6. The van der Waals surface area contributed by atoms with Crippen LogP contribution >= 0.6 is 0 Å². The first-order chi connectivity index (χ1) is 14.3. The first-order valence-corrected chi connectivity index (χ1v) is 10.1. The van der Waals surface area contributed by atoms with Gasteiger partial charge in [0.05, 0.1) is 6.26 Å². The van der Waals surface area contributed by atoms with Gasteiger partial charge < -0.3 is 9.73 Å². The molecule has 2 aliphatic carbocycles. The highest BCUT2D eigenvalue weighted by molar-refractivity contribution is 5.93. The van der Waals surface area contributed by atoms with E-state index in [4.69, 9.17) is 4.42 Å². The van der Waals surface area contributed by atoms with Gasteiger partial charge in [-0.2, -0.15) is 18.3 Å². The van der Waals surface area contributed by atoms with Gasteiger partial charge in [0.25, 0.3) is 5.91 Å². The second-order valence-corrected chi connectivity index (χ2v) is 8.40. The molecule has 3 heterocycles. The van der Waals surface area contributed by atoms with Crippen molar-refractivity contribution in [2.45, 2.75) is 44.8 Å². The van der Waals surface area contributed by atoms with Gasteiger partial charge >= 0.3 is 6.18 Å². The van der Waals surface area contributed by atoms with E-state index in [0.29, 0.717) is 16.4 Å². The summed E-state index contributed by atoms with van der Waals surface area (Å²) in [5.74, 6) is 1.51. The third-order valence-corrected chi connectivity index (χ3v) is 6.52. The summed E-state index contributed by atoms with van der Waals surface area (Å²) < 4.78 is 46.7. The lowest BCUT2D eigenvalue weighted by Gasteiger charge is -2.28. The van der Waals surface area contributed by atoms with Crippen molar-refractivity contribution in [2.24, 2.45) is 17.8 Å². The molecule has 4 atom stereocenters. The van der Waals surface area contributed by atoms with Crippen LogP contribution in [0.3, 0.4) is 0 Å². The fourth-order valence-corrected chi connectivity index (χ4v) is 5.13. The quantitative estimate of drug-likeness (QED) is 0.674. The summed E-state index contributed by atoms with van der Waals surface area (Å²) >= 11 is 0. The van der Waals surface area contributed by atoms with Gasteiger partial charge in [0.15, 0.2) is 22.8 Å². The maximum absolute atomic E-state index is 13.6. The highest BCUT2D eigenvalue weighted by Crippen LogP contribution is 2.49. The molecule has 2 saturated carbocycles. The first-order valence-electron chi connectivity index (χ1n) is 10.1. The molecule has 2 fully saturated rings. The molecule has 5 rings (SSSR count). The number of nitrogens with zero attached hydrogens (tertiary/aromatic N) is 3. The van der Waals surface area contributed by atoms with Crippen molar-refractivity contribution < 1.29 is 22.4 Å². The normalized spacial score (nSPS) is 24.5. The summed E-state index contributed by atoms with van der Waals surface area (Å²) in [5, 5.41) is 6.86. The molecule has 9 heteroatoms. The molecular weight excluding hydrogens is 397 g/mol. The van der Waals surface area contributed by atoms with Crippen molar-refractivity contribution in [1.82, 2.24) is 19.9 Å². The average Bonchev–Trinajstić information content (AvgIpc) is 3.49. The largest absolute Gasteiger partial charge is 0.463 e. The SMILES string of the molecule is C[C@H](NC(=O)c1cc2nc(-c3ccco3)cc(C(F)(F)F)n2n1)[C@H]1C[C@@H]2CC[C@H]1C2. The van der Waals surface area contributed by atoms with Crippen LogP contribution in [-0.2, 0) is 6.18 Å². The highest BCUT2D eigenvalue weighted by atomic mass is 19.4. The number of rotatable bonds is 4. The van der Waals surface area contributed by atoms with Crippen LogP contribution in [0.5, 0.6) is 0 Å². The van der Waals surface area contributed by atoms with E-state index in [-0.39, 0.29) is 28.8 Å². The third kappa shape index (κ3) is 3.26. The van der Waals surface area contributed by atoms with E-state index in [9.17, 15) is 18.0 Å². The van der Waals surface area contributed by atoms with E-state index in [2.05, 4.69) is 15.4 Å². The van der Waals surface area contributed by atoms with Crippen molar-refractivity contribution in [3.8, 4) is 11.5 Å². The number of hydrogen-bond acceptors (Lipinski definition) is 4. The molecule has 0 spiro atoms. The van der Waals surface area contributed by atoms with Gasteiger partial charge in [-0.3, -0.25) is 4.79 Å². The lowest BCUT2D eigenvalue weighted by atomic mass is 9.84. The fourth-order valence-electron chi connectivity index (χ4n) is 5.13. The first kappa shape index (κ1) is 19.1. The Morgan fingerprint density at radius 3 is 2.77 bits per heavy atom. The summed E-state index contributed by atoms with van der Waals surface area (Å²) in [6.07, 6.45) is 1.47. The van der Waals surface area contributed by atoms with Crippen molar-refractivity contribution in [2.75, 3.05) is 0 Å². The van der Waals surface area contributed by atoms with Gasteiger partial charge in [-0.15, -0.1) is 0 Å². The van der Waals surface area contributed by atoms with E-state index in [1.54, 1.807) is 6.07 Å². The van der Waals surface area contributed by atoms with Crippen LogP contribution in [0.25, 0.3) is 17.1 Å². The van der Waals surface area contributed by atoms with Crippen LogP contribution in [0.4, 0.5) is 13.2 Å². The van der Waals surface area contributed by atoms with Gasteiger partial charge in [0.2, 0.25) is 0 Å². The van der Waals surface area contributed by atoms with Crippen LogP contribution in [0, 0.1) is 17.8 Å². The monoisotopic (exact) mass is 418 g/mol. The molecule has 0 saturated heterocycles. The van der Waals surface area contributed by atoms with E-state index in [1.165, 1.54) is 37.7 Å². The molecule has 0 radical (unpaired) electrons. The van der Waals surface area contributed by atoms with Crippen LogP contribution < -0.4 is 5.32 Å². The van der Waals surface area contributed by atoms with Crippen LogP contribution in [0.2, 0.25) is 0 Å². The summed E-state index contributed by atoms with van der Waals surface area (Å²) in [4.78, 5) is 17.0. The molecule has 0 aromatic carbocycles. The van der Waals surface area contributed by atoms with Crippen molar-refractivity contribution in [3.05, 3.63) is 41.9 Å². The van der Waals surface area contributed by atoms with Crippen LogP contribution in [0.1, 0.15) is 48.8 Å². The number of furan rings is 1. The fraction of sp³-hybridized carbons (Fsp3) is 0.476. The van der Waals surface area contributed by atoms with Crippen LogP contribution in [-0.4, -0.2) is 26.5 Å². The Kier molecular flexibility index (Phi) is 4.37. The molecule has 0 aliphatic heterocycles. The zero-order chi connectivity index (χ0) is 21.0. The topological polar surface area (TPSA) is 72.4 Å². The van der Waals surface area contributed by atoms with Crippen molar-refractivity contribution in [1.29, 1.82) is 0 Å². The van der Waals surface area contributed by atoms with Crippen molar-refractivity contribution >= 4 is 11.6 Å². The lowest BCUT2D eigenvalue weighted by Crippen LogP contribution is -2.40. The van der Waals surface area contributed by atoms with E-state index < -0.39 is 17.8 Å². The molecule has 158 valence electrons. The minimum absolute atomic E-state index is 0.0297. The minimum Gasteiger partial charge on any atom is -0.463 e. The van der Waals surface area contributed by atoms with E-state index in [0.717, 1.165) is 18.4 Å². The molecule has 0 unspecified atom stereocenters. The number of alkyl halides is 3. The summed E-state index contributed by atoms with van der Waals surface area (Å²) in [5.41, 5.74) is -1.13. The zero-order valence-electron chi connectivity index (χ0n) is 16.3. The molecule has 30 heavy (non-hydrogen) atoms. The molecule has 1 N–H and O–H groups in total. The third-order valence-electron chi connectivity index (χ3n) is 6.52. The predicted octanol–water partition coefficient (Wildman–Crippen LogP) is 4.56. The lowest BCUT2D eigenvalue weighted by molar-refractivity contribution is -0.142. The molecule has 3 aromatic heterocycles. The van der Waals surface area contributed by atoms with Gasteiger partial charge in [-0.25, -0.2) is 9.50 Å². The second kappa shape index (κ2) is 6.85. The Hall–Kier alpha value is -2.84. The molecule has 1 amide bonds. The average molecular weight is 418 g/mol. The Bertz CT molecular complexity index is 1090. The number of aromatic nitrogens is 3. The maximum Gasteiger partial charge on any atom is 0.433 e. The number of fused-ring (bicyclic) bond motifs is 3. The molecular formula is C21H21F3N4O2. The summed E-state index contributed by atoms with van der Waals surface area (Å²) in [7, 11) is 0. The van der Waals surface area contributed by atoms with Crippen LogP contribution in [0.15, 0.2) is 34.9 Å². The second-order valence-electron chi connectivity index (χ2n) is 8.40. The molecule has 2 aliphatic rings. The van der Waals surface area contributed by atoms with Gasteiger partial charge in [0, 0.05) is 12.1 Å². The number of amides is 1. The van der Waals surface area contributed by atoms with Crippen molar-refractivity contribution in [3.63, 3.8) is 0 Å². The number of nitrogens with one attached hydrogen (secondary N) is 1. The number of carbonyl (C=O) groups excluding carboxylic acids is 1. The Morgan fingerprint density at radius 2 is 2.13 bits per heavy atom. The number of hydrogen-bond donors (Lipinski definition) is 1. The highest BCUT2D eigenvalue weighted by Gasteiger charge is 2.42. The minimum atomic E-state index is -4.67. The summed E-state index contributed by atoms with van der Waals surface area (Å²) in [6.45, 7) is 1.97. The number of carbonyl (C=O) groups is 1. The van der Waals surface area contributed by atoms with E-state index in [1.807, 2.05) is 6.92 Å². The van der Waals surface area contributed by atoms with E-state index >= 15 is 0 Å². The Labute approximate surface area is 170 Å². The molecule has 2 bridgehead atoms. The number of halogens is 3. The summed E-state index contributed by atoms with van der Waals surface area (Å²) in [6, 6.07) is 5.20. The van der Waals surface area contributed by atoms with Gasteiger partial charge in [-0.1, -0.05) is 6.42 Å². The standard InChI is InChI=1S/C21H21F3N4O2/c1-11(14-8-12-4-5-13(14)7-12)25-20(29)16-10-19-26-15(17-3-2-6-30-17)9-18(21(22,23)24)28(19)27-16/h2-3,6,9-14H,4-5,7-8H2,1H3,(H,25,29)/t11-,12+,13-,14+/m0/s1. The predicted molar refractivity (Wildman–Crippen MR) is 102 cm³/mol. The zero-order valence-corrected chi connectivity index (χ0v) is 16.3. The molecule has 6 nitrogen and oxygen atoms in total. The molecule has 3 aromatic rings. The van der Waals surface area contributed by atoms with Gasteiger partial charge in [0.1, 0.15) is 5.69 Å².